The van der Waals surface area contributed by atoms with E-state index >= 15 is 0 Å². The Bertz CT molecular complexity index is 803. The van der Waals surface area contributed by atoms with Crippen LogP contribution in [-0.2, 0) is 0 Å². The Morgan fingerprint density at radius 1 is 1.07 bits per heavy atom. The summed E-state index contributed by atoms with van der Waals surface area (Å²) in [5.41, 5.74) is 2.43. The molecule has 2 aliphatic rings. The zero-order valence-electron chi connectivity index (χ0n) is 15.3. The lowest BCUT2D eigenvalue weighted by Crippen LogP contribution is -2.31. The molecule has 3 N–H and O–H groups in total. The molecule has 2 fully saturated rings. The zero-order chi connectivity index (χ0) is 18.5. The van der Waals surface area contributed by atoms with Crippen LogP contribution >= 0.6 is 0 Å². The molecule has 0 amide bonds. The van der Waals surface area contributed by atoms with Gasteiger partial charge in [0.25, 0.3) is 0 Å². The Hall–Kier alpha value is -2.79. The summed E-state index contributed by atoms with van der Waals surface area (Å²) in [5.74, 6) is 2.38. The summed E-state index contributed by atoms with van der Waals surface area (Å²) in [5, 5.41) is 27.8. The Kier molecular flexibility index (Phi) is 5.39. The van der Waals surface area contributed by atoms with Gasteiger partial charge in [0.1, 0.15) is 11.9 Å². The van der Waals surface area contributed by atoms with Gasteiger partial charge in [-0.1, -0.05) is 6.42 Å². The summed E-state index contributed by atoms with van der Waals surface area (Å²) in [6, 6.07) is 3.98. The van der Waals surface area contributed by atoms with Crippen molar-refractivity contribution < 1.29 is 0 Å². The summed E-state index contributed by atoms with van der Waals surface area (Å²) in [6.45, 7) is 3.16. The number of nitriles is 1. The molecule has 0 aromatic carbocycles. The molecular formula is C19H24N8. The minimum atomic E-state index is 0.288. The molecule has 0 radical (unpaired) electrons. The van der Waals surface area contributed by atoms with Crippen molar-refractivity contribution in [3.05, 3.63) is 29.8 Å². The van der Waals surface area contributed by atoms with Crippen LogP contribution in [0.15, 0.2) is 18.5 Å². The van der Waals surface area contributed by atoms with Crippen LogP contribution in [0.4, 0.5) is 17.3 Å². The second-order valence-electron chi connectivity index (χ2n) is 7.25. The number of nitrogens with one attached hydrogen (secondary N) is 3. The number of hydrogen-bond acceptors (Lipinski definition) is 8. The molecule has 0 spiro atoms. The Morgan fingerprint density at radius 3 is 2.59 bits per heavy atom. The average Bonchev–Trinajstić information content (AvgIpc) is 2.68. The predicted octanol–water partition coefficient (Wildman–Crippen LogP) is 2.56. The minimum absolute atomic E-state index is 0.288. The average molecular weight is 364 g/mol. The highest BCUT2D eigenvalue weighted by Crippen LogP contribution is 2.39. The highest BCUT2D eigenvalue weighted by Gasteiger charge is 2.25. The van der Waals surface area contributed by atoms with E-state index in [2.05, 4.69) is 36.1 Å². The van der Waals surface area contributed by atoms with Gasteiger partial charge in [-0.25, -0.2) is 9.97 Å². The van der Waals surface area contributed by atoms with Crippen molar-refractivity contribution in [1.29, 1.82) is 5.26 Å². The maximum absolute atomic E-state index is 8.83. The van der Waals surface area contributed by atoms with Crippen molar-refractivity contribution in [3.63, 3.8) is 0 Å². The van der Waals surface area contributed by atoms with E-state index in [1.54, 1.807) is 0 Å². The van der Waals surface area contributed by atoms with E-state index in [0.717, 1.165) is 31.0 Å². The van der Waals surface area contributed by atoms with Gasteiger partial charge in [0.05, 0.1) is 23.8 Å². The van der Waals surface area contributed by atoms with Crippen molar-refractivity contribution >= 4 is 17.3 Å². The highest BCUT2D eigenvalue weighted by atomic mass is 15.2. The number of anilines is 3. The smallest absolute Gasteiger partial charge is 0.158 e. The van der Waals surface area contributed by atoms with Crippen LogP contribution in [0.3, 0.4) is 0 Å². The first-order valence-corrected chi connectivity index (χ1v) is 9.63. The van der Waals surface area contributed by atoms with Crippen molar-refractivity contribution in [1.82, 2.24) is 25.5 Å². The van der Waals surface area contributed by atoms with E-state index in [0.29, 0.717) is 23.5 Å². The molecule has 1 saturated carbocycles. The largest absolute Gasteiger partial charge is 0.383 e. The first kappa shape index (κ1) is 17.6. The van der Waals surface area contributed by atoms with Crippen molar-refractivity contribution in [3.8, 4) is 6.07 Å². The fourth-order valence-corrected chi connectivity index (χ4v) is 3.51. The monoisotopic (exact) mass is 364 g/mol. The van der Waals surface area contributed by atoms with Crippen LogP contribution < -0.4 is 16.0 Å². The Labute approximate surface area is 158 Å². The molecule has 1 aliphatic heterocycles. The van der Waals surface area contributed by atoms with Crippen LogP contribution in [0.1, 0.15) is 49.4 Å². The fraction of sp³-hybridized carbons (Fsp3) is 0.526. The molecule has 8 heteroatoms. The van der Waals surface area contributed by atoms with Crippen LogP contribution in [-0.4, -0.2) is 39.8 Å². The van der Waals surface area contributed by atoms with Gasteiger partial charge in [-0.15, -0.1) is 5.10 Å². The van der Waals surface area contributed by atoms with Crippen LogP contribution in [0.2, 0.25) is 0 Å². The molecule has 3 heterocycles. The van der Waals surface area contributed by atoms with Gasteiger partial charge in [0, 0.05) is 18.5 Å². The van der Waals surface area contributed by atoms with Gasteiger partial charge in [0.15, 0.2) is 11.5 Å². The number of piperidine rings is 1. The van der Waals surface area contributed by atoms with Gasteiger partial charge in [-0.3, -0.25) is 0 Å². The van der Waals surface area contributed by atoms with Gasteiger partial charge >= 0.3 is 0 Å². The van der Waals surface area contributed by atoms with Crippen LogP contribution in [0.25, 0.3) is 0 Å². The fourth-order valence-electron chi connectivity index (χ4n) is 3.51. The van der Waals surface area contributed by atoms with Crippen molar-refractivity contribution in [2.75, 3.05) is 30.3 Å². The van der Waals surface area contributed by atoms with Crippen LogP contribution in [0.5, 0.6) is 0 Å². The van der Waals surface area contributed by atoms with E-state index in [9.17, 15) is 0 Å². The quantitative estimate of drug-likeness (QED) is 0.717. The molecule has 0 bridgehead atoms. The van der Waals surface area contributed by atoms with E-state index in [1.165, 1.54) is 44.5 Å². The summed E-state index contributed by atoms with van der Waals surface area (Å²) in [6.07, 6.45) is 9.01. The summed E-state index contributed by atoms with van der Waals surface area (Å²) in [7, 11) is 0. The van der Waals surface area contributed by atoms with Crippen molar-refractivity contribution in [2.45, 2.75) is 38.0 Å². The molecule has 2 aromatic heterocycles. The first-order valence-electron chi connectivity index (χ1n) is 9.63. The van der Waals surface area contributed by atoms with Gasteiger partial charge in [-0.2, -0.15) is 10.4 Å². The third-order valence-corrected chi connectivity index (χ3v) is 5.38. The maximum Gasteiger partial charge on any atom is 0.158 e. The molecule has 1 aliphatic carbocycles. The van der Waals surface area contributed by atoms with Crippen molar-refractivity contribution in [2.24, 2.45) is 5.92 Å². The van der Waals surface area contributed by atoms with E-state index < -0.39 is 0 Å². The minimum Gasteiger partial charge on any atom is -0.383 e. The lowest BCUT2D eigenvalue weighted by molar-refractivity contribution is 0.388. The highest BCUT2D eigenvalue weighted by molar-refractivity contribution is 5.60. The molecule has 1 saturated heterocycles. The summed E-state index contributed by atoms with van der Waals surface area (Å²) < 4.78 is 0. The predicted molar refractivity (Wildman–Crippen MR) is 103 cm³/mol. The topological polar surface area (TPSA) is 111 Å². The number of nitrogens with zero attached hydrogens (tertiary/aromatic N) is 5. The number of aromatic nitrogens is 4. The first-order chi connectivity index (χ1) is 13.3. The normalized spacial score (nSPS) is 17.7. The van der Waals surface area contributed by atoms with Crippen LogP contribution in [0, 0.1) is 17.2 Å². The molecule has 27 heavy (non-hydrogen) atoms. The molecule has 0 unspecified atom stereocenters. The van der Waals surface area contributed by atoms with Gasteiger partial charge in [0.2, 0.25) is 0 Å². The number of hydrogen-bond donors (Lipinski definition) is 3. The Balaban J connectivity index is 1.49. The molecule has 0 atom stereocenters. The third kappa shape index (κ3) is 4.31. The third-order valence-electron chi connectivity index (χ3n) is 5.38. The second-order valence-corrected chi connectivity index (χ2v) is 7.25. The standard InChI is InChI=1S/C19H24N8/c20-9-15-11-24-18(12-22-15)25-17-8-16(19(27-26-17)14-2-1-3-14)23-10-13-4-6-21-7-5-13/h8,11-14,21H,1-7,10H2,(H2,23,24,25,26). The molecule has 8 nitrogen and oxygen atoms in total. The zero-order valence-corrected chi connectivity index (χ0v) is 15.3. The molecule has 140 valence electrons. The SMILES string of the molecule is N#Cc1cnc(Nc2cc(NCC3CCNCC3)c(C3CCC3)nn2)cn1. The second kappa shape index (κ2) is 8.27. The lowest BCUT2D eigenvalue weighted by Gasteiger charge is -2.28. The van der Waals surface area contributed by atoms with E-state index in [-0.39, 0.29) is 5.69 Å². The summed E-state index contributed by atoms with van der Waals surface area (Å²) in [4.78, 5) is 8.21. The maximum atomic E-state index is 8.83. The summed E-state index contributed by atoms with van der Waals surface area (Å²) >= 11 is 0. The molecule has 4 rings (SSSR count). The number of rotatable bonds is 6. The Morgan fingerprint density at radius 2 is 1.93 bits per heavy atom. The molecular weight excluding hydrogens is 340 g/mol. The van der Waals surface area contributed by atoms with E-state index in [1.807, 2.05) is 12.1 Å². The van der Waals surface area contributed by atoms with Gasteiger partial charge < -0.3 is 16.0 Å². The lowest BCUT2D eigenvalue weighted by atomic mass is 9.82. The molecule has 2 aromatic rings. The van der Waals surface area contributed by atoms with Gasteiger partial charge in [-0.05, 0) is 44.7 Å². The van der Waals surface area contributed by atoms with E-state index in [4.69, 9.17) is 5.26 Å².